The second-order valence-electron chi connectivity index (χ2n) is 7.08. The molecule has 0 amide bonds. The first-order valence-electron chi connectivity index (χ1n) is 9.29. The highest BCUT2D eigenvalue weighted by Gasteiger charge is 2.33. The van der Waals surface area contributed by atoms with Crippen molar-refractivity contribution < 1.29 is 18.8 Å². The van der Waals surface area contributed by atoms with Crippen LogP contribution in [0.3, 0.4) is 0 Å². The highest BCUT2D eigenvalue weighted by molar-refractivity contribution is 5.79. The van der Waals surface area contributed by atoms with Crippen LogP contribution in [-0.4, -0.2) is 39.8 Å². The van der Waals surface area contributed by atoms with Crippen molar-refractivity contribution in [1.82, 2.24) is 29.8 Å². The van der Waals surface area contributed by atoms with E-state index < -0.39 is 27.7 Å². The smallest absolute Gasteiger partial charge is 0.277 e. The summed E-state index contributed by atoms with van der Waals surface area (Å²) >= 11 is 0. The number of nitro groups is 1. The minimum atomic E-state index is -1.89. The summed E-state index contributed by atoms with van der Waals surface area (Å²) in [5.74, 6) is -1.77. The van der Waals surface area contributed by atoms with Gasteiger partial charge in [-0.1, -0.05) is 11.3 Å². The number of aryl methyl sites for hydroxylation is 1. The summed E-state index contributed by atoms with van der Waals surface area (Å²) in [5, 5.41) is 33.8. The number of aliphatic hydroxyl groups is 1. The van der Waals surface area contributed by atoms with Gasteiger partial charge in [-0.05, 0) is 12.1 Å². The number of hydrogen-bond donors (Lipinski definition) is 1. The third kappa shape index (κ3) is 4.05. The molecule has 0 bridgehead atoms. The fourth-order valence-electron chi connectivity index (χ4n) is 3.36. The Bertz CT molecular complexity index is 1360. The van der Waals surface area contributed by atoms with Gasteiger partial charge in [0.1, 0.15) is 35.4 Å². The van der Waals surface area contributed by atoms with Gasteiger partial charge >= 0.3 is 0 Å². The number of rotatable bonds is 7. The highest BCUT2D eigenvalue weighted by Crippen LogP contribution is 2.30. The number of non-ortho nitro benzene ring substituents is 1. The van der Waals surface area contributed by atoms with Crippen LogP contribution in [0.25, 0.3) is 10.9 Å². The van der Waals surface area contributed by atoms with Crippen LogP contribution in [0.1, 0.15) is 12.0 Å². The molecule has 32 heavy (non-hydrogen) atoms. The maximum Gasteiger partial charge on any atom is 0.277 e. The highest BCUT2D eigenvalue weighted by atomic mass is 19.1. The van der Waals surface area contributed by atoms with Crippen molar-refractivity contribution in [2.75, 3.05) is 0 Å². The summed E-state index contributed by atoms with van der Waals surface area (Å²) < 4.78 is 30.1. The number of halogens is 2. The fourth-order valence-corrected chi connectivity index (χ4v) is 3.36. The predicted molar refractivity (Wildman–Crippen MR) is 105 cm³/mol. The summed E-state index contributed by atoms with van der Waals surface area (Å²) in [4.78, 5) is 26.8. The number of benzene rings is 2. The molecule has 1 unspecified atom stereocenters. The van der Waals surface area contributed by atoms with Crippen LogP contribution in [0, 0.1) is 21.7 Å². The van der Waals surface area contributed by atoms with Gasteiger partial charge in [0.05, 0.1) is 16.9 Å². The van der Waals surface area contributed by atoms with Crippen molar-refractivity contribution in [3.63, 3.8) is 0 Å². The summed E-state index contributed by atoms with van der Waals surface area (Å²) in [6, 6.07) is 6.35. The zero-order valence-corrected chi connectivity index (χ0v) is 16.3. The molecule has 2 aromatic heterocycles. The first-order valence-corrected chi connectivity index (χ1v) is 9.29. The lowest BCUT2D eigenvalue weighted by Gasteiger charge is -2.29. The molecule has 0 spiro atoms. The van der Waals surface area contributed by atoms with Gasteiger partial charge in [-0.25, -0.2) is 23.1 Å². The van der Waals surface area contributed by atoms with Gasteiger partial charge in [-0.3, -0.25) is 14.9 Å². The molecule has 0 aliphatic heterocycles. The first-order chi connectivity index (χ1) is 15.3. The lowest BCUT2D eigenvalue weighted by atomic mass is 9.89. The molecule has 1 N–H and O–H groups in total. The molecule has 0 saturated heterocycles. The molecule has 0 aliphatic carbocycles. The normalized spacial score (nSPS) is 13.2. The zero-order chi connectivity index (χ0) is 22.9. The van der Waals surface area contributed by atoms with Crippen molar-refractivity contribution in [2.24, 2.45) is 0 Å². The molecule has 13 heteroatoms. The molecule has 2 heterocycles. The van der Waals surface area contributed by atoms with Crippen molar-refractivity contribution in [1.29, 1.82) is 0 Å². The van der Waals surface area contributed by atoms with Gasteiger partial charge in [-0.2, -0.15) is 5.10 Å². The summed E-state index contributed by atoms with van der Waals surface area (Å²) in [6.07, 6.45) is 2.35. The van der Waals surface area contributed by atoms with Crippen molar-refractivity contribution in [2.45, 2.75) is 25.1 Å². The van der Waals surface area contributed by atoms with Crippen LogP contribution in [0.4, 0.5) is 14.5 Å². The van der Waals surface area contributed by atoms with Crippen molar-refractivity contribution in [3.05, 3.63) is 86.7 Å². The Labute approximate surface area is 177 Å². The quantitative estimate of drug-likeness (QED) is 0.335. The van der Waals surface area contributed by atoms with Gasteiger partial charge in [0.25, 0.3) is 11.2 Å². The monoisotopic (exact) mass is 443 g/mol. The van der Waals surface area contributed by atoms with E-state index in [-0.39, 0.29) is 41.7 Å². The molecular weight excluding hydrogens is 428 g/mol. The van der Waals surface area contributed by atoms with Crippen LogP contribution in [0.15, 0.2) is 53.8 Å². The number of nitro benzene ring substituents is 1. The molecule has 2 aromatic carbocycles. The first kappa shape index (κ1) is 21.1. The van der Waals surface area contributed by atoms with E-state index in [9.17, 15) is 28.8 Å². The van der Waals surface area contributed by atoms with E-state index in [4.69, 9.17) is 0 Å². The van der Waals surface area contributed by atoms with E-state index in [0.717, 1.165) is 22.9 Å². The molecule has 0 radical (unpaired) electrons. The Balaban J connectivity index is 1.68. The fraction of sp³-hybridized carbons (Fsp3) is 0.211. The third-order valence-corrected chi connectivity index (χ3v) is 4.98. The third-order valence-electron chi connectivity index (χ3n) is 4.98. The van der Waals surface area contributed by atoms with E-state index in [2.05, 4.69) is 20.4 Å². The summed E-state index contributed by atoms with van der Waals surface area (Å²) in [5.41, 5.74) is -2.86. The topological polar surface area (TPSA) is 142 Å². The van der Waals surface area contributed by atoms with Crippen LogP contribution in [0.5, 0.6) is 0 Å². The van der Waals surface area contributed by atoms with E-state index in [0.29, 0.717) is 6.07 Å². The zero-order valence-electron chi connectivity index (χ0n) is 16.3. The largest absolute Gasteiger partial charge is 0.383 e. The summed E-state index contributed by atoms with van der Waals surface area (Å²) in [6.45, 7) is -0.404. The van der Waals surface area contributed by atoms with Crippen LogP contribution in [0.2, 0.25) is 0 Å². The second kappa shape index (κ2) is 8.19. The average Bonchev–Trinajstić information content (AvgIpc) is 3.25. The second-order valence-corrected chi connectivity index (χ2v) is 7.08. The number of aromatic nitrogens is 6. The van der Waals surface area contributed by atoms with Gasteiger partial charge in [-0.15, -0.1) is 5.10 Å². The predicted octanol–water partition coefficient (Wildman–Crippen LogP) is 1.55. The van der Waals surface area contributed by atoms with Crippen LogP contribution < -0.4 is 5.56 Å². The minimum Gasteiger partial charge on any atom is -0.383 e. The lowest BCUT2D eigenvalue weighted by Crippen LogP contribution is -2.36. The molecule has 4 aromatic rings. The van der Waals surface area contributed by atoms with E-state index in [1.165, 1.54) is 29.5 Å². The Hall–Kier alpha value is -4.13. The Morgan fingerprint density at radius 2 is 2.00 bits per heavy atom. The van der Waals surface area contributed by atoms with Gasteiger partial charge in [0.15, 0.2) is 0 Å². The molecule has 1 atom stereocenters. The van der Waals surface area contributed by atoms with Crippen LogP contribution >= 0.6 is 0 Å². The van der Waals surface area contributed by atoms with E-state index in [1.54, 1.807) is 0 Å². The Morgan fingerprint density at radius 1 is 1.19 bits per heavy atom. The SMILES string of the molecule is O=c1c2ccc([N+](=O)[O-])cc2nnn1CCC(O)(Cn1cncn1)c1ccc(F)cc1F. The van der Waals surface area contributed by atoms with E-state index >= 15 is 0 Å². The van der Waals surface area contributed by atoms with Gasteiger partial charge in [0, 0.05) is 36.7 Å². The standard InChI is InChI=1S/C19H15F2N7O4/c20-12-1-4-15(16(21)7-12)19(30,9-26-11-22-10-23-26)5-6-27-18(29)14-3-2-13(28(31)32)8-17(14)24-25-27/h1-4,7-8,10-11,30H,5-6,9H2. The van der Waals surface area contributed by atoms with Gasteiger partial charge < -0.3 is 5.11 Å². The average molecular weight is 443 g/mol. The molecule has 11 nitrogen and oxygen atoms in total. The van der Waals surface area contributed by atoms with Gasteiger partial charge in [0.2, 0.25) is 0 Å². The lowest BCUT2D eigenvalue weighted by molar-refractivity contribution is -0.384. The van der Waals surface area contributed by atoms with Crippen LogP contribution in [-0.2, 0) is 18.7 Å². The molecule has 0 fully saturated rings. The summed E-state index contributed by atoms with van der Waals surface area (Å²) in [7, 11) is 0. The Morgan fingerprint density at radius 3 is 2.69 bits per heavy atom. The molecular formula is C19H15F2N7O4. The number of hydrogen-bond acceptors (Lipinski definition) is 8. The van der Waals surface area contributed by atoms with E-state index in [1.807, 2.05) is 0 Å². The molecule has 0 aliphatic rings. The maximum absolute atomic E-state index is 14.5. The maximum atomic E-state index is 14.5. The van der Waals surface area contributed by atoms with Crippen molar-refractivity contribution in [3.8, 4) is 0 Å². The molecule has 4 rings (SSSR count). The number of fused-ring (bicyclic) bond motifs is 1. The van der Waals surface area contributed by atoms with Crippen molar-refractivity contribution >= 4 is 16.6 Å². The molecule has 164 valence electrons. The minimum absolute atomic E-state index is 0.0444. The molecule has 0 saturated carbocycles. The Kier molecular flexibility index (Phi) is 5.40. The number of nitrogens with zero attached hydrogens (tertiary/aromatic N) is 7.